The molecule has 0 radical (unpaired) electrons. The van der Waals surface area contributed by atoms with Crippen molar-refractivity contribution in [2.45, 2.75) is 46.1 Å². The largest absolute Gasteiger partial charge is 0.444 e. The Bertz CT molecular complexity index is 1200. The number of amides is 2. The molecule has 0 aliphatic carbocycles. The molecule has 2 aliphatic rings. The molecule has 0 saturated carbocycles. The third kappa shape index (κ3) is 5.79. The van der Waals surface area contributed by atoms with Crippen molar-refractivity contribution >= 4 is 35.1 Å². The minimum Gasteiger partial charge on any atom is -0.444 e. The second-order valence-electron chi connectivity index (χ2n) is 9.74. The van der Waals surface area contributed by atoms with Crippen molar-refractivity contribution in [2.24, 2.45) is 5.92 Å². The maximum Gasteiger partial charge on any atom is 0.410 e. The highest BCUT2D eigenvalue weighted by molar-refractivity contribution is 7.11. The molecule has 3 heterocycles. The van der Waals surface area contributed by atoms with E-state index in [9.17, 15) is 9.59 Å². The Kier molecular flexibility index (Phi) is 7.07. The van der Waals surface area contributed by atoms with Gasteiger partial charge in [-0.1, -0.05) is 24.3 Å². The van der Waals surface area contributed by atoms with Gasteiger partial charge in [-0.05, 0) is 46.1 Å². The van der Waals surface area contributed by atoms with Crippen molar-refractivity contribution in [2.75, 3.05) is 13.1 Å². The minimum absolute atomic E-state index is 0.0977. The van der Waals surface area contributed by atoms with Gasteiger partial charge in [0.2, 0.25) is 0 Å². The molecule has 184 valence electrons. The summed E-state index contributed by atoms with van der Waals surface area (Å²) in [6.45, 7) is 8.72. The molecule has 2 amide bonds. The number of likely N-dealkylation sites (tertiary alicyclic amines) is 1. The summed E-state index contributed by atoms with van der Waals surface area (Å²) < 4.78 is 5.48. The van der Waals surface area contributed by atoms with Crippen molar-refractivity contribution in [1.29, 1.82) is 5.41 Å². The van der Waals surface area contributed by atoms with Crippen molar-refractivity contribution < 1.29 is 14.3 Å². The first-order chi connectivity index (χ1) is 16.6. The van der Waals surface area contributed by atoms with Crippen LogP contribution >= 0.6 is 11.3 Å². The molecule has 9 heteroatoms. The lowest BCUT2D eigenvalue weighted by molar-refractivity contribution is -0.116. The number of allylic oxidation sites excluding steroid dienone is 2. The predicted octanol–water partition coefficient (Wildman–Crippen LogP) is 4.69. The van der Waals surface area contributed by atoms with Crippen LogP contribution in [0.3, 0.4) is 0 Å². The Morgan fingerprint density at radius 3 is 2.60 bits per heavy atom. The zero-order valence-electron chi connectivity index (χ0n) is 20.5. The highest BCUT2D eigenvalue weighted by Gasteiger charge is 2.30. The zero-order chi connectivity index (χ0) is 25.2. The Labute approximate surface area is 209 Å². The molecule has 0 atom stereocenters. The zero-order valence-corrected chi connectivity index (χ0v) is 21.3. The first-order valence-electron chi connectivity index (χ1n) is 11.7. The van der Waals surface area contributed by atoms with E-state index in [-0.39, 0.29) is 17.9 Å². The van der Waals surface area contributed by atoms with Gasteiger partial charge in [-0.2, -0.15) is 0 Å². The Balaban J connectivity index is 1.50. The van der Waals surface area contributed by atoms with Gasteiger partial charge in [0, 0.05) is 47.9 Å². The van der Waals surface area contributed by atoms with E-state index in [4.69, 9.17) is 15.1 Å². The van der Waals surface area contributed by atoms with Crippen molar-refractivity contribution in [3.63, 3.8) is 0 Å². The Morgan fingerprint density at radius 1 is 1.23 bits per heavy atom. The summed E-state index contributed by atoms with van der Waals surface area (Å²) in [7, 11) is 0. The van der Waals surface area contributed by atoms with Gasteiger partial charge in [-0.3, -0.25) is 4.79 Å². The summed E-state index contributed by atoms with van der Waals surface area (Å²) in [5.74, 6) is 0.321. The van der Waals surface area contributed by atoms with Crippen LogP contribution in [0.2, 0.25) is 0 Å². The van der Waals surface area contributed by atoms with Crippen molar-refractivity contribution in [3.8, 4) is 11.3 Å². The standard InChI is InChI=1S/C26H31N5O3S/c1-16-7-5-6-8-18(16)21-15-35-24(29-21)19(14-27)23-28-20(13-22(32)30-23)17-9-11-31(12-10-17)25(33)34-26(2,3)4/h5-8,13-15,17,27-28H,9-12H2,1-4H3,(H,30,32)/b23-19-,27-14?. The Morgan fingerprint density at radius 2 is 1.94 bits per heavy atom. The van der Waals surface area contributed by atoms with Crippen LogP contribution < -0.4 is 10.6 Å². The molecule has 4 rings (SSSR count). The molecule has 35 heavy (non-hydrogen) atoms. The summed E-state index contributed by atoms with van der Waals surface area (Å²) in [6.07, 6.45) is 3.91. The molecule has 2 aliphatic heterocycles. The maximum atomic E-state index is 12.5. The molecular formula is C26H31N5O3S. The normalized spacial score (nSPS) is 18.3. The van der Waals surface area contributed by atoms with Crippen molar-refractivity contribution in [1.82, 2.24) is 20.5 Å². The number of hydrogen-bond acceptors (Lipinski definition) is 7. The second kappa shape index (κ2) is 10.0. The number of benzene rings is 1. The fourth-order valence-electron chi connectivity index (χ4n) is 4.19. The number of piperidine rings is 1. The van der Waals surface area contributed by atoms with E-state index in [2.05, 4.69) is 10.6 Å². The summed E-state index contributed by atoms with van der Waals surface area (Å²) in [4.78, 5) is 31.4. The number of carbonyl (C=O) groups excluding carboxylic acids is 2. The number of ether oxygens (including phenoxy) is 1. The fraction of sp³-hybridized carbons (Fsp3) is 0.385. The van der Waals surface area contributed by atoms with Gasteiger partial charge < -0.3 is 25.7 Å². The summed E-state index contributed by atoms with van der Waals surface area (Å²) in [5, 5.41) is 16.8. The van der Waals surface area contributed by atoms with Crippen LogP contribution in [0.1, 0.15) is 44.2 Å². The molecule has 8 nitrogen and oxygen atoms in total. The maximum absolute atomic E-state index is 12.5. The van der Waals surface area contributed by atoms with E-state index in [0.717, 1.165) is 22.5 Å². The van der Waals surface area contributed by atoms with E-state index >= 15 is 0 Å². The fourth-order valence-corrected chi connectivity index (χ4v) is 5.03. The molecule has 1 fully saturated rings. The number of aryl methyl sites for hydroxylation is 1. The summed E-state index contributed by atoms with van der Waals surface area (Å²) in [5.41, 5.74) is 3.80. The number of aromatic nitrogens is 1. The summed E-state index contributed by atoms with van der Waals surface area (Å²) >= 11 is 1.44. The van der Waals surface area contributed by atoms with E-state index in [1.165, 1.54) is 17.6 Å². The number of nitrogens with zero attached hydrogens (tertiary/aromatic N) is 2. The second-order valence-corrected chi connectivity index (χ2v) is 10.6. The van der Waals surface area contributed by atoms with E-state index in [1.807, 2.05) is 57.3 Å². The molecule has 3 N–H and O–H groups in total. The van der Waals surface area contributed by atoms with Crippen LogP contribution in [0.4, 0.5) is 4.79 Å². The average molecular weight is 494 g/mol. The predicted molar refractivity (Wildman–Crippen MR) is 138 cm³/mol. The van der Waals surface area contributed by atoms with Crippen LogP contribution in [0, 0.1) is 18.3 Å². The highest BCUT2D eigenvalue weighted by Crippen LogP contribution is 2.30. The number of carbonyl (C=O) groups is 2. The van der Waals surface area contributed by atoms with E-state index < -0.39 is 5.60 Å². The molecule has 0 spiro atoms. The molecule has 0 bridgehead atoms. The third-order valence-corrected chi connectivity index (χ3v) is 6.84. The van der Waals surface area contributed by atoms with Crippen LogP contribution in [0.25, 0.3) is 16.8 Å². The number of rotatable bonds is 4. The van der Waals surface area contributed by atoms with Gasteiger partial charge in [-0.25, -0.2) is 9.78 Å². The molecule has 1 aromatic carbocycles. The van der Waals surface area contributed by atoms with Crippen LogP contribution in [-0.2, 0) is 9.53 Å². The van der Waals surface area contributed by atoms with Gasteiger partial charge in [0.15, 0.2) is 0 Å². The minimum atomic E-state index is -0.531. The number of hydrogen-bond donors (Lipinski definition) is 3. The van der Waals surface area contributed by atoms with Gasteiger partial charge in [0.25, 0.3) is 5.91 Å². The van der Waals surface area contributed by atoms with Gasteiger partial charge >= 0.3 is 6.09 Å². The topological polar surface area (TPSA) is 107 Å². The lowest BCUT2D eigenvalue weighted by Gasteiger charge is -2.35. The summed E-state index contributed by atoms with van der Waals surface area (Å²) in [6, 6.07) is 8.03. The molecule has 1 aromatic heterocycles. The van der Waals surface area contributed by atoms with E-state index in [1.54, 1.807) is 11.0 Å². The van der Waals surface area contributed by atoms with Crippen molar-refractivity contribution in [3.05, 3.63) is 57.8 Å². The first kappa shape index (κ1) is 24.7. The lowest BCUT2D eigenvalue weighted by Crippen LogP contribution is -2.44. The Hall–Kier alpha value is -3.46. The number of thiazole rings is 1. The van der Waals surface area contributed by atoms with Gasteiger partial charge in [-0.15, -0.1) is 11.3 Å². The van der Waals surface area contributed by atoms with Gasteiger partial charge in [0.1, 0.15) is 16.4 Å². The molecule has 2 aromatic rings. The van der Waals surface area contributed by atoms with Crippen LogP contribution in [-0.4, -0.2) is 46.8 Å². The molecule has 1 saturated heterocycles. The van der Waals surface area contributed by atoms with E-state index in [0.29, 0.717) is 42.3 Å². The van der Waals surface area contributed by atoms with Crippen LogP contribution in [0.15, 0.2) is 47.2 Å². The number of nitrogens with one attached hydrogen (secondary N) is 3. The first-order valence-corrected chi connectivity index (χ1v) is 12.6. The molecular weight excluding hydrogens is 462 g/mol. The smallest absolute Gasteiger partial charge is 0.410 e. The average Bonchev–Trinajstić information content (AvgIpc) is 3.28. The van der Waals surface area contributed by atoms with Crippen LogP contribution in [0.5, 0.6) is 0 Å². The third-order valence-electron chi connectivity index (χ3n) is 5.96. The SMILES string of the molecule is Cc1ccccc1-c1csc(/C(C=N)=C2\NC(=O)C=C(C3CCN(C(=O)OC(C)(C)C)CC3)N2)n1. The lowest BCUT2D eigenvalue weighted by atomic mass is 9.92. The van der Waals surface area contributed by atoms with Gasteiger partial charge in [0.05, 0.1) is 11.3 Å². The monoisotopic (exact) mass is 493 g/mol. The highest BCUT2D eigenvalue weighted by atomic mass is 32.1. The molecule has 0 unspecified atom stereocenters. The quantitative estimate of drug-likeness (QED) is 0.536.